The number of carbonyl (C=O) groups is 1. The van der Waals surface area contributed by atoms with Crippen molar-refractivity contribution in [2.24, 2.45) is 0 Å². The van der Waals surface area contributed by atoms with Crippen LogP contribution in [0.1, 0.15) is 25.5 Å². The first kappa shape index (κ1) is 18.2. The van der Waals surface area contributed by atoms with Crippen LogP contribution < -0.4 is 15.6 Å². The smallest absolute Gasteiger partial charge is 0.286 e. The minimum Gasteiger partial charge on any atom is -0.494 e. The number of pyridine rings is 1. The zero-order valence-electron chi connectivity index (χ0n) is 14.2. The standard InChI is InChI=1S/C17H19N3O5/c1-4-25-15-7-5-13(6-8-15)18-16(21)12(3)19-10-14(20(23)24)9-11(2)17(19)22/h5-10,12H,4H2,1-3H3,(H,18,21). The summed E-state index contributed by atoms with van der Waals surface area (Å²) in [6, 6.07) is 7.07. The molecule has 1 aromatic carbocycles. The lowest BCUT2D eigenvalue weighted by Gasteiger charge is -2.16. The summed E-state index contributed by atoms with van der Waals surface area (Å²) in [5.74, 6) is 0.227. The SMILES string of the molecule is CCOc1ccc(NC(=O)C(C)n2cc([N+](=O)[O-])cc(C)c2=O)cc1. The summed E-state index contributed by atoms with van der Waals surface area (Å²) in [6.45, 7) is 5.39. The quantitative estimate of drug-likeness (QED) is 0.640. The zero-order valence-corrected chi connectivity index (χ0v) is 14.2. The first-order chi connectivity index (χ1) is 11.8. The number of nitrogens with one attached hydrogen (secondary N) is 1. The van der Waals surface area contributed by atoms with Gasteiger partial charge >= 0.3 is 0 Å². The summed E-state index contributed by atoms with van der Waals surface area (Å²) in [5, 5.41) is 13.6. The second-order valence-electron chi connectivity index (χ2n) is 5.47. The number of anilines is 1. The van der Waals surface area contributed by atoms with Gasteiger partial charge in [-0.2, -0.15) is 0 Å². The zero-order chi connectivity index (χ0) is 18.6. The Balaban J connectivity index is 2.22. The van der Waals surface area contributed by atoms with Crippen LogP contribution in [-0.2, 0) is 4.79 Å². The van der Waals surface area contributed by atoms with Crippen molar-refractivity contribution in [2.45, 2.75) is 26.8 Å². The molecule has 0 aliphatic rings. The number of carbonyl (C=O) groups excluding carboxylic acids is 1. The number of nitrogens with zero attached hydrogens (tertiary/aromatic N) is 2. The molecule has 1 aromatic heterocycles. The third-order valence-electron chi connectivity index (χ3n) is 3.65. The van der Waals surface area contributed by atoms with Gasteiger partial charge in [-0.15, -0.1) is 0 Å². The summed E-state index contributed by atoms with van der Waals surface area (Å²) in [5.41, 5.74) is 0.0585. The number of rotatable bonds is 6. The van der Waals surface area contributed by atoms with E-state index in [1.165, 1.54) is 19.9 Å². The molecule has 8 heteroatoms. The molecule has 8 nitrogen and oxygen atoms in total. The molecule has 0 aliphatic heterocycles. The van der Waals surface area contributed by atoms with Crippen LogP contribution in [0.25, 0.3) is 0 Å². The van der Waals surface area contributed by atoms with E-state index in [0.717, 1.165) is 10.8 Å². The molecule has 0 spiro atoms. The van der Waals surface area contributed by atoms with Crippen molar-refractivity contribution in [1.82, 2.24) is 4.57 Å². The van der Waals surface area contributed by atoms with Crippen molar-refractivity contribution in [3.63, 3.8) is 0 Å². The Labute approximate surface area is 144 Å². The Morgan fingerprint density at radius 2 is 2.00 bits per heavy atom. The lowest BCUT2D eigenvalue weighted by atomic mass is 10.2. The maximum atomic E-state index is 12.4. The predicted octanol–water partition coefficient (Wildman–Crippen LogP) is 2.66. The normalized spacial score (nSPS) is 11.6. The van der Waals surface area contributed by atoms with Crippen LogP contribution in [0.15, 0.2) is 41.3 Å². The molecule has 0 fully saturated rings. The van der Waals surface area contributed by atoms with Gasteiger partial charge in [-0.25, -0.2) is 0 Å². The van der Waals surface area contributed by atoms with E-state index in [9.17, 15) is 19.7 Å². The topological polar surface area (TPSA) is 103 Å². The number of benzene rings is 1. The van der Waals surface area contributed by atoms with E-state index in [2.05, 4.69) is 5.32 Å². The molecule has 0 bridgehead atoms. The molecule has 0 saturated carbocycles. The molecule has 0 aliphatic carbocycles. The monoisotopic (exact) mass is 345 g/mol. The summed E-state index contributed by atoms with van der Waals surface area (Å²) in [4.78, 5) is 35.0. The van der Waals surface area contributed by atoms with E-state index in [1.807, 2.05) is 6.92 Å². The van der Waals surface area contributed by atoms with E-state index in [-0.39, 0.29) is 11.3 Å². The fraction of sp³-hybridized carbons (Fsp3) is 0.294. The van der Waals surface area contributed by atoms with Crippen molar-refractivity contribution in [1.29, 1.82) is 0 Å². The van der Waals surface area contributed by atoms with Crippen LogP contribution in [0.5, 0.6) is 5.75 Å². The van der Waals surface area contributed by atoms with Crippen LogP contribution >= 0.6 is 0 Å². The Kier molecular flexibility index (Phi) is 5.53. The molecular formula is C17H19N3O5. The summed E-state index contributed by atoms with van der Waals surface area (Å²) in [7, 11) is 0. The number of ether oxygens (including phenoxy) is 1. The third-order valence-corrected chi connectivity index (χ3v) is 3.65. The van der Waals surface area contributed by atoms with Crippen molar-refractivity contribution >= 4 is 17.3 Å². The van der Waals surface area contributed by atoms with Crippen LogP contribution in [-0.4, -0.2) is 22.0 Å². The van der Waals surface area contributed by atoms with Crippen LogP contribution in [0, 0.1) is 17.0 Å². The van der Waals surface area contributed by atoms with Crippen LogP contribution in [0.3, 0.4) is 0 Å². The first-order valence-corrected chi connectivity index (χ1v) is 7.74. The fourth-order valence-corrected chi connectivity index (χ4v) is 2.29. The van der Waals surface area contributed by atoms with Gasteiger partial charge in [0.2, 0.25) is 5.91 Å². The van der Waals surface area contributed by atoms with Crippen molar-refractivity contribution in [3.8, 4) is 5.75 Å². The van der Waals surface area contributed by atoms with Crippen LogP contribution in [0.4, 0.5) is 11.4 Å². The maximum absolute atomic E-state index is 12.4. The van der Waals surface area contributed by atoms with Crippen molar-refractivity contribution in [2.75, 3.05) is 11.9 Å². The van der Waals surface area contributed by atoms with Gasteiger partial charge in [0.05, 0.1) is 17.7 Å². The molecule has 1 N–H and O–H groups in total. The average Bonchev–Trinajstić information content (AvgIpc) is 2.58. The maximum Gasteiger partial charge on any atom is 0.286 e. The highest BCUT2D eigenvalue weighted by molar-refractivity contribution is 5.93. The average molecular weight is 345 g/mol. The van der Waals surface area contributed by atoms with Gasteiger partial charge in [-0.3, -0.25) is 24.3 Å². The predicted molar refractivity (Wildman–Crippen MR) is 93.0 cm³/mol. The molecule has 132 valence electrons. The summed E-state index contributed by atoms with van der Waals surface area (Å²) < 4.78 is 6.39. The highest BCUT2D eigenvalue weighted by Gasteiger charge is 2.20. The van der Waals surface area contributed by atoms with Gasteiger partial charge in [0, 0.05) is 17.3 Å². The van der Waals surface area contributed by atoms with Gasteiger partial charge in [-0.05, 0) is 45.0 Å². The van der Waals surface area contributed by atoms with E-state index < -0.39 is 22.4 Å². The number of nitro groups is 1. The Hall–Kier alpha value is -3.16. The van der Waals surface area contributed by atoms with E-state index >= 15 is 0 Å². The van der Waals surface area contributed by atoms with E-state index in [4.69, 9.17) is 4.74 Å². The largest absolute Gasteiger partial charge is 0.494 e. The van der Waals surface area contributed by atoms with E-state index in [0.29, 0.717) is 18.0 Å². The summed E-state index contributed by atoms with van der Waals surface area (Å²) >= 11 is 0. The summed E-state index contributed by atoms with van der Waals surface area (Å²) in [6.07, 6.45) is 1.08. The first-order valence-electron chi connectivity index (χ1n) is 7.74. The minimum absolute atomic E-state index is 0.204. The molecule has 1 atom stereocenters. The Bertz CT molecular complexity index is 842. The van der Waals surface area contributed by atoms with Gasteiger partial charge in [0.25, 0.3) is 11.2 Å². The Morgan fingerprint density at radius 3 is 2.56 bits per heavy atom. The molecule has 1 amide bonds. The highest BCUT2D eigenvalue weighted by atomic mass is 16.6. The lowest BCUT2D eigenvalue weighted by Crippen LogP contribution is -2.32. The molecule has 1 heterocycles. The molecule has 2 aromatic rings. The minimum atomic E-state index is -0.905. The van der Waals surface area contributed by atoms with Crippen LogP contribution in [0.2, 0.25) is 0 Å². The molecule has 1 unspecified atom stereocenters. The molecule has 2 rings (SSSR count). The highest BCUT2D eigenvalue weighted by Crippen LogP contribution is 2.18. The number of aryl methyl sites for hydroxylation is 1. The third kappa shape index (κ3) is 4.23. The van der Waals surface area contributed by atoms with Crippen molar-refractivity contribution in [3.05, 3.63) is 62.6 Å². The van der Waals surface area contributed by atoms with Crippen molar-refractivity contribution < 1.29 is 14.5 Å². The van der Waals surface area contributed by atoms with E-state index in [1.54, 1.807) is 24.3 Å². The van der Waals surface area contributed by atoms with Gasteiger partial charge < -0.3 is 10.1 Å². The van der Waals surface area contributed by atoms with Gasteiger partial charge in [-0.1, -0.05) is 0 Å². The molecular weight excluding hydrogens is 326 g/mol. The molecule has 0 saturated heterocycles. The number of amides is 1. The lowest BCUT2D eigenvalue weighted by molar-refractivity contribution is -0.385. The second kappa shape index (κ2) is 7.61. The van der Waals surface area contributed by atoms with Gasteiger partial charge in [0.15, 0.2) is 0 Å². The number of hydrogen-bond donors (Lipinski definition) is 1. The van der Waals surface area contributed by atoms with Gasteiger partial charge in [0.1, 0.15) is 11.8 Å². The molecule has 0 radical (unpaired) electrons. The number of aromatic nitrogens is 1. The molecule has 25 heavy (non-hydrogen) atoms. The second-order valence-corrected chi connectivity index (χ2v) is 5.47. The fourth-order valence-electron chi connectivity index (χ4n) is 2.29. The Morgan fingerprint density at radius 1 is 1.36 bits per heavy atom. The number of hydrogen-bond acceptors (Lipinski definition) is 5.